The molecule has 2 saturated heterocycles. The molecule has 8 nitrogen and oxygen atoms in total. The van der Waals surface area contributed by atoms with Crippen molar-refractivity contribution in [3.05, 3.63) is 36.4 Å². The normalized spacial score (nSPS) is 23.2. The van der Waals surface area contributed by atoms with Crippen LogP contribution in [-0.2, 0) is 9.47 Å². The molecular formula is C21H26N6O2. The van der Waals surface area contributed by atoms with Crippen molar-refractivity contribution < 1.29 is 9.47 Å². The summed E-state index contributed by atoms with van der Waals surface area (Å²) < 4.78 is 13.1. The summed E-state index contributed by atoms with van der Waals surface area (Å²) in [5, 5.41) is 4.57. The van der Waals surface area contributed by atoms with Gasteiger partial charge < -0.3 is 14.4 Å². The van der Waals surface area contributed by atoms with Gasteiger partial charge in [-0.05, 0) is 44.2 Å². The van der Waals surface area contributed by atoms with Gasteiger partial charge in [0.05, 0.1) is 12.2 Å². The highest BCUT2D eigenvalue weighted by Crippen LogP contribution is 2.25. The van der Waals surface area contributed by atoms with Crippen molar-refractivity contribution in [3.8, 4) is 11.5 Å². The summed E-state index contributed by atoms with van der Waals surface area (Å²) in [5.74, 6) is 0.621. The van der Waals surface area contributed by atoms with E-state index in [4.69, 9.17) is 9.47 Å². The van der Waals surface area contributed by atoms with Crippen LogP contribution >= 0.6 is 0 Å². The van der Waals surface area contributed by atoms with Crippen LogP contribution in [0.1, 0.15) is 43.9 Å². The second kappa shape index (κ2) is 8.42. The maximum absolute atomic E-state index is 5.78. The van der Waals surface area contributed by atoms with E-state index < -0.39 is 0 Å². The van der Waals surface area contributed by atoms with Crippen LogP contribution in [0.2, 0.25) is 0 Å². The molecular weight excluding hydrogens is 368 g/mol. The molecule has 0 N–H and O–H groups in total. The van der Waals surface area contributed by atoms with Crippen molar-refractivity contribution >= 4 is 11.9 Å². The molecule has 2 aromatic rings. The minimum absolute atomic E-state index is 0.0119. The lowest BCUT2D eigenvalue weighted by molar-refractivity contribution is -0.0395. The molecule has 2 fully saturated rings. The van der Waals surface area contributed by atoms with Gasteiger partial charge in [0.1, 0.15) is 12.0 Å². The Morgan fingerprint density at radius 2 is 1.93 bits per heavy atom. The lowest BCUT2D eigenvalue weighted by atomic mass is 10.1. The second-order valence-electron chi connectivity index (χ2n) is 7.67. The highest BCUT2D eigenvalue weighted by molar-refractivity contribution is 5.77. The average Bonchev–Trinajstić information content (AvgIpc) is 3.31. The van der Waals surface area contributed by atoms with E-state index in [2.05, 4.69) is 31.2 Å². The maximum Gasteiger partial charge on any atom is 0.199 e. The van der Waals surface area contributed by atoms with Crippen LogP contribution in [0.3, 0.4) is 0 Å². The fourth-order valence-electron chi connectivity index (χ4n) is 4.04. The number of ether oxygens (including phenoxy) is 2. The third-order valence-electron chi connectivity index (χ3n) is 5.72. The van der Waals surface area contributed by atoms with Crippen LogP contribution in [0.15, 0.2) is 35.8 Å². The third-order valence-corrected chi connectivity index (χ3v) is 5.72. The van der Waals surface area contributed by atoms with Gasteiger partial charge in [-0.3, -0.25) is 9.98 Å². The number of aliphatic imine (C=N–C) groups is 1. The van der Waals surface area contributed by atoms with Gasteiger partial charge >= 0.3 is 0 Å². The Morgan fingerprint density at radius 1 is 1.00 bits per heavy atom. The third kappa shape index (κ3) is 4.09. The molecule has 0 aliphatic carbocycles. The molecule has 3 aliphatic heterocycles. The van der Waals surface area contributed by atoms with Gasteiger partial charge in [-0.1, -0.05) is 0 Å². The lowest BCUT2D eigenvalue weighted by Gasteiger charge is -2.34. The van der Waals surface area contributed by atoms with Crippen LogP contribution in [0, 0.1) is 0 Å². The largest absolute Gasteiger partial charge is 0.381 e. The standard InChI is InChI=1S/C21H26N6O2/c1-2-10-29-20(3-1)27-15-24-21(25-27)18-5-4-16(13-23-18)19-14-26(9-8-22-19)17-6-11-28-12-7-17/h4-5,8,13-15,17,20H,1-3,6-7,9-12H2. The quantitative estimate of drug-likeness (QED) is 0.794. The van der Waals surface area contributed by atoms with E-state index in [0.29, 0.717) is 11.9 Å². The Labute approximate surface area is 170 Å². The van der Waals surface area contributed by atoms with Gasteiger partial charge in [0.15, 0.2) is 12.1 Å². The molecule has 8 heteroatoms. The molecule has 5 heterocycles. The number of hydrogen-bond acceptors (Lipinski definition) is 7. The van der Waals surface area contributed by atoms with Gasteiger partial charge in [0.25, 0.3) is 0 Å². The van der Waals surface area contributed by atoms with E-state index in [1.54, 1.807) is 6.33 Å². The van der Waals surface area contributed by atoms with Gasteiger partial charge in [0.2, 0.25) is 0 Å². The first-order valence-corrected chi connectivity index (χ1v) is 10.4. The lowest BCUT2D eigenvalue weighted by Crippen LogP contribution is -2.38. The molecule has 5 rings (SSSR count). The summed E-state index contributed by atoms with van der Waals surface area (Å²) in [6.07, 6.45) is 13.1. The molecule has 0 radical (unpaired) electrons. The van der Waals surface area contributed by atoms with E-state index >= 15 is 0 Å². The summed E-state index contributed by atoms with van der Waals surface area (Å²) in [6, 6.07) is 4.52. The average molecular weight is 394 g/mol. The fourth-order valence-corrected chi connectivity index (χ4v) is 4.04. The number of aromatic nitrogens is 4. The number of pyridine rings is 1. The van der Waals surface area contributed by atoms with Crippen LogP contribution in [0.4, 0.5) is 0 Å². The monoisotopic (exact) mass is 394 g/mol. The smallest absolute Gasteiger partial charge is 0.199 e. The zero-order valence-electron chi connectivity index (χ0n) is 16.5. The Morgan fingerprint density at radius 3 is 2.72 bits per heavy atom. The summed E-state index contributed by atoms with van der Waals surface area (Å²) >= 11 is 0. The molecule has 2 aromatic heterocycles. The molecule has 152 valence electrons. The second-order valence-corrected chi connectivity index (χ2v) is 7.67. The molecule has 0 amide bonds. The van der Waals surface area contributed by atoms with E-state index in [9.17, 15) is 0 Å². The summed E-state index contributed by atoms with van der Waals surface area (Å²) in [5.41, 5.74) is 2.69. The Kier molecular flexibility index (Phi) is 5.36. The molecule has 0 bridgehead atoms. The predicted octanol–water partition coefficient (Wildman–Crippen LogP) is 2.90. The highest BCUT2D eigenvalue weighted by Gasteiger charge is 2.21. The van der Waals surface area contributed by atoms with E-state index in [0.717, 1.165) is 75.4 Å². The SMILES string of the molecule is C1=NC(c2ccc(-c3ncn(C4CCCCO4)n3)nc2)=CN(C2CCOCC2)C1. The molecule has 1 atom stereocenters. The zero-order chi connectivity index (χ0) is 19.5. The predicted molar refractivity (Wildman–Crippen MR) is 109 cm³/mol. The van der Waals surface area contributed by atoms with Crippen LogP contribution in [0.25, 0.3) is 17.2 Å². The highest BCUT2D eigenvalue weighted by atomic mass is 16.5. The molecule has 3 aliphatic rings. The first-order valence-electron chi connectivity index (χ1n) is 10.4. The first-order chi connectivity index (χ1) is 14.4. The van der Waals surface area contributed by atoms with Gasteiger partial charge in [-0.25, -0.2) is 9.67 Å². The van der Waals surface area contributed by atoms with Crippen molar-refractivity contribution in [1.82, 2.24) is 24.6 Å². The van der Waals surface area contributed by atoms with Crippen molar-refractivity contribution in [1.29, 1.82) is 0 Å². The van der Waals surface area contributed by atoms with Crippen molar-refractivity contribution in [2.75, 3.05) is 26.4 Å². The summed E-state index contributed by atoms with van der Waals surface area (Å²) in [7, 11) is 0. The minimum Gasteiger partial charge on any atom is -0.381 e. The Bertz CT molecular complexity index is 879. The molecule has 1 unspecified atom stereocenters. The number of nitrogens with zero attached hydrogens (tertiary/aromatic N) is 6. The van der Waals surface area contributed by atoms with E-state index in [-0.39, 0.29) is 6.23 Å². The Hall–Kier alpha value is -2.58. The van der Waals surface area contributed by atoms with Gasteiger partial charge in [0, 0.05) is 50.0 Å². The number of rotatable bonds is 4. The number of hydrogen-bond donors (Lipinski definition) is 0. The van der Waals surface area contributed by atoms with Crippen molar-refractivity contribution in [3.63, 3.8) is 0 Å². The topological polar surface area (TPSA) is 77.7 Å². The zero-order valence-corrected chi connectivity index (χ0v) is 16.5. The Balaban J connectivity index is 1.30. The van der Waals surface area contributed by atoms with Crippen LogP contribution in [-0.4, -0.2) is 63.3 Å². The van der Waals surface area contributed by atoms with Gasteiger partial charge in [-0.2, -0.15) is 0 Å². The molecule has 0 saturated carbocycles. The first kappa shape index (κ1) is 18.4. The van der Waals surface area contributed by atoms with E-state index in [1.807, 2.05) is 29.2 Å². The molecule has 0 aromatic carbocycles. The van der Waals surface area contributed by atoms with Crippen LogP contribution < -0.4 is 0 Å². The minimum atomic E-state index is -0.0119. The van der Waals surface area contributed by atoms with Crippen molar-refractivity contribution in [2.24, 2.45) is 4.99 Å². The van der Waals surface area contributed by atoms with Gasteiger partial charge in [-0.15, -0.1) is 5.10 Å². The molecule has 29 heavy (non-hydrogen) atoms. The summed E-state index contributed by atoms with van der Waals surface area (Å²) in [4.78, 5) is 16.0. The van der Waals surface area contributed by atoms with E-state index in [1.165, 1.54) is 0 Å². The van der Waals surface area contributed by atoms with Crippen LogP contribution in [0.5, 0.6) is 0 Å². The summed E-state index contributed by atoms with van der Waals surface area (Å²) in [6.45, 7) is 3.31. The fraction of sp³-hybridized carbons (Fsp3) is 0.524. The maximum atomic E-state index is 5.78. The molecule has 0 spiro atoms. The van der Waals surface area contributed by atoms with Crippen molar-refractivity contribution in [2.45, 2.75) is 44.4 Å².